The zero-order valence-corrected chi connectivity index (χ0v) is 13.1. The van der Waals surface area contributed by atoms with Crippen LogP contribution in [0.4, 0.5) is 0 Å². The minimum Gasteiger partial charge on any atom is -0.317 e. The van der Waals surface area contributed by atoms with Gasteiger partial charge < -0.3 is 10.2 Å². The van der Waals surface area contributed by atoms with E-state index in [2.05, 4.69) is 22.0 Å². The molecule has 0 saturated heterocycles. The van der Waals surface area contributed by atoms with E-state index >= 15 is 0 Å². The molecule has 0 unspecified atom stereocenters. The second-order valence-corrected chi connectivity index (χ2v) is 7.27. The molecule has 1 aliphatic rings. The molecule has 0 heterocycles. The highest BCUT2D eigenvalue weighted by atomic mass is 32.2. The van der Waals surface area contributed by atoms with Gasteiger partial charge in [0, 0.05) is 19.1 Å². The predicted molar refractivity (Wildman–Crippen MR) is 79.8 cm³/mol. The van der Waals surface area contributed by atoms with Crippen molar-refractivity contribution in [2.45, 2.75) is 45.1 Å². The molecular weight excluding hydrogens is 262 g/mol. The summed E-state index contributed by atoms with van der Waals surface area (Å²) in [5, 5.41) is 3.13. The summed E-state index contributed by atoms with van der Waals surface area (Å²) in [5.41, 5.74) is 0. The normalized spacial score (nSPS) is 17.4. The number of sulfonamides is 1. The van der Waals surface area contributed by atoms with Gasteiger partial charge >= 0.3 is 0 Å². The molecule has 0 atom stereocenters. The number of hydrogen-bond acceptors (Lipinski definition) is 4. The van der Waals surface area contributed by atoms with Crippen molar-refractivity contribution in [3.05, 3.63) is 0 Å². The molecule has 19 heavy (non-hydrogen) atoms. The van der Waals surface area contributed by atoms with Gasteiger partial charge in [-0.15, -0.1) is 0 Å². The number of likely N-dealkylation sites (N-methyl/N-ethyl adjacent to an activating group) is 1. The van der Waals surface area contributed by atoms with E-state index in [1.165, 1.54) is 25.7 Å². The van der Waals surface area contributed by atoms with Crippen LogP contribution in [0, 0.1) is 0 Å². The van der Waals surface area contributed by atoms with Crippen LogP contribution in [0.25, 0.3) is 0 Å². The second-order valence-electron chi connectivity index (χ2n) is 5.34. The van der Waals surface area contributed by atoms with Gasteiger partial charge in [0.25, 0.3) is 0 Å². The Morgan fingerprint density at radius 1 is 1.21 bits per heavy atom. The Kier molecular flexibility index (Phi) is 7.90. The third-order valence-electron chi connectivity index (χ3n) is 3.75. The first-order valence-corrected chi connectivity index (χ1v) is 9.08. The summed E-state index contributed by atoms with van der Waals surface area (Å²) in [6.07, 6.45) is 5.80. The van der Waals surface area contributed by atoms with Crippen LogP contribution in [-0.4, -0.2) is 58.3 Å². The number of nitrogens with one attached hydrogen (secondary N) is 2. The lowest BCUT2D eigenvalue weighted by atomic mass is 10.2. The smallest absolute Gasteiger partial charge is 0.211 e. The molecule has 5 nitrogen and oxygen atoms in total. The summed E-state index contributed by atoms with van der Waals surface area (Å²) in [6, 6.07) is 0.651. The minimum absolute atomic E-state index is 0.215. The van der Waals surface area contributed by atoms with E-state index in [-0.39, 0.29) is 5.75 Å². The van der Waals surface area contributed by atoms with Crippen molar-refractivity contribution in [2.75, 3.05) is 39.0 Å². The zero-order chi connectivity index (χ0) is 14.1. The fourth-order valence-electron chi connectivity index (χ4n) is 2.54. The molecule has 0 bridgehead atoms. The summed E-state index contributed by atoms with van der Waals surface area (Å²) in [5.74, 6) is 0.215. The highest BCUT2D eigenvalue weighted by molar-refractivity contribution is 7.89. The van der Waals surface area contributed by atoms with E-state index in [0.29, 0.717) is 19.0 Å². The Balaban J connectivity index is 2.12. The first-order chi connectivity index (χ1) is 9.05. The molecule has 0 spiro atoms. The van der Waals surface area contributed by atoms with Gasteiger partial charge in [-0.2, -0.15) is 0 Å². The highest BCUT2D eigenvalue weighted by Gasteiger charge is 2.19. The van der Waals surface area contributed by atoms with Crippen LogP contribution in [-0.2, 0) is 10.0 Å². The average molecular weight is 291 g/mol. The SMILES string of the molecule is CCNCCCS(=O)(=O)NCCN(C)C1CCCC1. The topological polar surface area (TPSA) is 61.4 Å². The Morgan fingerprint density at radius 3 is 2.53 bits per heavy atom. The molecule has 0 amide bonds. The number of nitrogens with zero attached hydrogens (tertiary/aromatic N) is 1. The Bertz CT molecular complexity index is 327. The quantitative estimate of drug-likeness (QED) is 0.584. The van der Waals surface area contributed by atoms with E-state index in [1.807, 2.05) is 6.92 Å². The van der Waals surface area contributed by atoms with E-state index in [0.717, 1.165) is 19.6 Å². The van der Waals surface area contributed by atoms with Crippen LogP contribution in [0.15, 0.2) is 0 Å². The molecule has 1 fully saturated rings. The van der Waals surface area contributed by atoms with Crippen molar-refractivity contribution in [2.24, 2.45) is 0 Å². The van der Waals surface area contributed by atoms with Crippen LogP contribution >= 0.6 is 0 Å². The van der Waals surface area contributed by atoms with Crippen LogP contribution < -0.4 is 10.0 Å². The van der Waals surface area contributed by atoms with E-state index in [4.69, 9.17) is 0 Å². The molecule has 6 heteroatoms. The van der Waals surface area contributed by atoms with Gasteiger partial charge in [0.1, 0.15) is 0 Å². The molecule has 0 aromatic heterocycles. The Labute approximate surface area is 118 Å². The molecule has 114 valence electrons. The Hall–Kier alpha value is -0.170. The molecule has 0 aromatic carbocycles. The monoisotopic (exact) mass is 291 g/mol. The van der Waals surface area contributed by atoms with Crippen LogP contribution in [0.5, 0.6) is 0 Å². The predicted octanol–water partition coefficient (Wildman–Crippen LogP) is 0.780. The molecule has 0 radical (unpaired) electrons. The summed E-state index contributed by atoms with van der Waals surface area (Å²) in [6.45, 7) is 5.00. The lowest BCUT2D eigenvalue weighted by Crippen LogP contribution is -2.38. The summed E-state index contributed by atoms with van der Waals surface area (Å²) in [7, 11) is -1.01. The van der Waals surface area contributed by atoms with E-state index in [9.17, 15) is 8.42 Å². The van der Waals surface area contributed by atoms with Crippen molar-refractivity contribution < 1.29 is 8.42 Å². The number of hydrogen-bond donors (Lipinski definition) is 2. The van der Waals surface area contributed by atoms with E-state index in [1.54, 1.807) is 0 Å². The van der Waals surface area contributed by atoms with Gasteiger partial charge in [0.05, 0.1) is 5.75 Å². The molecular formula is C13H29N3O2S. The number of rotatable bonds is 10. The maximum Gasteiger partial charge on any atom is 0.211 e. The van der Waals surface area contributed by atoms with Crippen molar-refractivity contribution >= 4 is 10.0 Å². The lowest BCUT2D eigenvalue weighted by Gasteiger charge is -2.23. The summed E-state index contributed by atoms with van der Waals surface area (Å²) in [4.78, 5) is 2.29. The molecule has 1 saturated carbocycles. The first-order valence-electron chi connectivity index (χ1n) is 7.43. The fourth-order valence-corrected chi connectivity index (χ4v) is 3.61. The molecule has 0 aliphatic heterocycles. The van der Waals surface area contributed by atoms with E-state index < -0.39 is 10.0 Å². The van der Waals surface area contributed by atoms with Gasteiger partial charge in [-0.1, -0.05) is 19.8 Å². The molecule has 1 rings (SSSR count). The van der Waals surface area contributed by atoms with Crippen LogP contribution in [0.3, 0.4) is 0 Å². The van der Waals surface area contributed by atoms with Crippen LogP contribution in [0.1, 0.15) is 39.0 Å². The van der Waals surface area contributed by atoms with Crippen molar-refractivity contribution in [1.29, 1.82) is 0 Å². The third kappa shape index (κ3) is 7.25. The summed E-state index contributed by atoms with van der Waals surface area (Å²) >= 11 is 0. The fraction of sp³-hybridized carbons (Fsp3) is 1.00. The maximum absolute atomic E-state index is 11.7. The van der Waals surface area contributed by atoms with Gasteiger partial charge in [-0.3, -0.25) is 0 Å². The summed E-state index contributed by atoms with van der Waals surface area (Å²) < 4.78 is 26.2. The average Bonchev–Trinajstić information content (AvgIpc) is 2.88. The molecule has 1 aliphatic carbocycles. The second kappa shape index (κ2) is 8.89. The maximum atomic E-state index is 11.7. The minimum atomic E-state index is -3.10. The van der Waals surface area contributed by atoms with Crippen LogP contribution in [0.2, 0.25) is 0 Å². The van der Waals surface area contributed by atoms with Gasteiger partial charge in [-0.25, -0.2) is 13.1 Å². The molecule has 2 N–H and O–H groups in total. The lowest BCUT2D eigenvalue weighted by molar-refractivity contribution is 0.250. The van der Waals surface area contributed by atoms with Gasteiger partial charge in [-0.05, 0) is 39.4 Å². The highest BCUT2D eigenvalue weighted by Crippen LogP contribution is 2.21. The largest absolute Gasteiger partial charge is 0.317 e. The van der Waals surface area contributed by atoms with Crippen molar-refractivity contribution in [3.63, 3.8) is 0 Å². The van der Waals surface area contributed by atoms with Crippen molar-refractivity contribution in [3.8, 4) is 0 Å². The zero-order valence-electron chi connectivity index (χ0n) is 12.3. The first kappa shape index (κ1) is 16.9. The van der Waals surface area contributed by atoms with Crippen molar-refractivity contribution in [1.82, 2.24) is 14.9 Å². The Morgan fingerprint density at radius 2 is 1.89 bits per heavy atom. The standard InChI is InChI=1S/C13H29N3O2S/c1-3-14-9-6-12-19(17,18)15-10-11-16(2)13-7-4-5-8-13/h13-15H,3-12H2,1-2H3. The van der Waals surface area contributed by atoms with Gasteiger partial charge in [0.15, 0.2) is 0 Å². The molecule has 0 aromatic rings. The van der Waals surface area contributed by atoms with Gasteiger partial charge in [0.2, 0.25) is 10.0 Å². The third-order valence-corrected chi connectivity index (χ3v) is 5.22.